The van der Waals surface area contributed by atoms with Crippen LogP contribution in [0.3, 0.4) is 0 Å². The highest BCUT2D eigenvalue weighted by Crippen LogP contribution is 2.33. The molecule has 0 radical (unpaired) electrons. The van der Waals surface area contributed by atoms with E-state index in [4.69, 9.17) is 0 Å². The highest BCUT2D eigenvalue weighted by molar-refractivity contribution is 5.92. The highest BCUT2D eigenvalue weighted by atomic mass is 16.1. The van der Waals surface area contributed by atoms with Gasteiger partial charge in [0.1, 0.15) is 5.69 Å². The lowest BCUT2D eigenvalue weighted by Crippen LogP contribution is -2.24. The number of aryl methyl sites for hydroxylation is 1. The minimum absolute atomic E-state index is 0.151. The summed E-state index contributed by atoms with van der Waals surface area (Å²) < 4.78 is 0. The average molecular weight is 343 g/mol. The first kappa shape index (κ1) is 16.3. The summed E-state index contributed by atoms with van der Waals surface area (Å²) in [6.45, 7) is 3.50. The predicted octanol–water partition coefficient (Wildman–Crippen LogP) is 4.01. The molecule has 0 bridgehead atoms. The zero-order chi connectivity index (χ0) is 17.9. The largest absolute Gasteiger partial charge is 0.347 e. The van der Waals surface area contributed by atoms with E-state index in [-0.39, 0.29) is 5.91 Å². The molecule has 26 heavy (non-hydrogen) atoms. The van der Waals surface area contributed by atoms with E-state index in [9.17, 15) is 4.79 Å². The van der Waals surface area contributed by atoms with Gasteiger partial charge >= 0.3 is 0 Å². The van der Waals surface area contributed by atoms with Crippen molar-refractivity contribution >= 4 is 17.3 Å². The number of nitrogens with one attached hydrogen (secondary N) is 1. The van der Waals surface area contributed by atoms with Crippen molar-refractivity contribution < 1.29 is 4.79 Å². The van der Waals surface area contributed by atoms with Crippen LogP contribution in [-0.2, 0) is 13.0 Å². The topological polar surface area (TPSA) is 45.2 Å². The molecule has 3 aromatic rings. The van der Waals surface area contributed by atoms with Crippen LogP contribution in [0.4, 0.5) is 11.4 Å². The molecule has 0 atom stereocenters. The molecule has 1 amide bonds. The van der Waals surface area contributed by atoms with Crippen LogP contribution in [-0.4, -0.2) is 17.4 Å². The van der Waals surface area contributed by atoms with Crippen LogP contribution in [0.15, 0.2) is 66.9 Å². The summed E-state index contributed by atoms with van der Waals surface area (Å²) in [5.74, 6) is -0.151. The number of nitrogens with zero attached hydrogens (tertiary/aromatic N) is 2. The number of hydrogen-bond acceptors (Lipinski definition) is 3. The van der Waals surface area contributed by atoms with E-state index in [1.54, 1.807) is 12.3 Å². The van der Waals surface area contributed by atoms with Gasteiger partial charge in [0.15, 0.2) is 0 Å². The first-order chi connectivity index (χ1) is 12.7. The molecule has 2 heterocycles. The van der Waals surface area contributed by atoms with Crippen molar-refractivity contribution in [1.82, 2.24) is 10.3 Å². The fourth-order valence-electron chi connectivity index (χ4n) is 3.36. The van der Waals surface area contributed by atoms with Gasteiger partial charge in [0.05, 0.1) is 11.9 Å². The number of aromatic nitrogens is 1. The first-order valence-corrected chi connectivity index (χ1v) is 8.86. The lowest BCUT2D eigenvalue weighted by Gasteiger charge is -2.19. The van der Waals surface area contributed by atoms with Gasteiger partial charge in [-0.05, 0) is 48.2 Å². The number of carbonyl (C=O) groups is 1. The van der Waals surface area contributed by atoms with Gasteiger partial charge < -0.3 is 10.2 Å². The third-order valence-electron chi connectivity index (χ3n) is 4.88. The second kappa shape index (κ2) is 7.00. The second-order valence-corrected chi connectivity index (χ2v) is 6.54. The SMILES string of the molecule is Cc1ccccc1CNC(=O)c1ccc(N2CCc3ccccc32)cn1. The van der Waals surface area contributed by atoms with Crippen LogP contribution in [0.1, 0.15) is 27.2 Å². The standard InChI is InChI=1S/C22H21N3O/c1-16-6-2-3-8-18(16)14-24-22(26)20-11-10-19(15-23-20)25-13-12-17-7-4-5-9-21(17)25/h2-11,15H,12-14H2,1H3,(H,24,26). The van der Waals surface area contributed by atoms with Crippen LogP contribution < -0.4 is 10.2 Å². The number of anilines is 2. The average Bonchev–Trinajstić information content (AvgIpc) is 3.11. The highest BCUT2D eigenvalue weighted by Gasteiger charge is 2.20. The molecule has 0 aliphatic carbocycles. The van der Waals surface area contributed by atoms with Crippen molar-refractivity contribution in [2.45, 2.75) is 19.9 Å². The quantitative estimate of drug-likeness (QED) is 0.778. The lowest BCUT2D eigenvalue weighted by molar-refractivity contribution is 0.0946. The Balaban J connectivity index is 1.45. The maximum absolute atomic E-state index is 12.4. The van der Waals surface area contributed by atoms with Crippen LogP contribution >= 0.6 is 0 Å². The van der Waals surface area contributed by atoms with Gasteiger partial charge in [-0.2, -0.15) is 0 Å². The van der Waals surface area contributed by atoms with Gasteiger partial charge in [-0.3, -0.25) is 4.79 Å². The zero-order valence-electron chi connectivity index (χ0n) is 14.8. The Morgan fingerprint density at radius 2 is 1.88 bits per heavy atom. The molecule has 0 saturated carbocycles. The van der Waals surface area contributed by atoms with Crippen molar-refractivity contribution in [2.75, 3.05) is 11.4 Å². The van der Waals surface area contributed by atoms with Crippen LogP contribution in [0.2, 0.25) is 0 Å². The molecule has 1 N–H and O–H groups in total. The Bertz CT molecular complexity index is 934. The van der Waals surface area contributed by atoms with Crippen molar-refractivity contribution in [3.8, 4) is 0 Å². The van der Waals surface area contributed by atoms with Gasteiger partial charge in [0.2, 0.25) is 0 Å². The maximum atomic E-state index is 12.4. The molecule has 1 aliphatic rings. The van der Waals surface area contributed by atoms with Gasteiger partial charge in [-0.1, -0.05) is 42.5 Å². The fraction of sp³-hybridized carbons (Fsp3) is 0.182. The Hall–Kier alpha value is -3.14. The van der Waals surface area contributed by atoms with E-state index in [1.165, 1.54) is 16.8 Å². The molecule has 2 aromatic carbocycles. The molecular weight excluding hydrogens is 322 g/mol. The molecule has 0 fully saturated rings. The van der Waals surface area contributed by atoms with Crippen molar-refractivity contribution in [3.63, 3.8) is 0 Å². The van der Waals surface area contributed by atoms with E-state index in [1.807, 2.05) is 37.3 Å². The number of fused-ring (bicyclic) bond motifs is 1. The monoisotopic (exact) mass is 343 g/mol. The smallest absolute Gasteiger partial charge is 0.270 e. The normalized spacial score (nSPS) is 12.7. The number of carbonyl (C=O) groups excluding carboxylic acids is 1. The van der Waals surface area contributed by atoms with Crippen molar-refractivity contribution in [1.29, 1.82) is 0 Å². The Morgan fingerprint density at radius 3 is 2.69 bits per heavy atom. The van der Waals surface area contributed by atoms with Crippen molar-refractivity contribution in [3.05, 3.63) is 89.2 Å². The number of pyridine rings is 1. The summed E-state index contributed by atoms with van der Waals surface area (Å²) in [6.07, 6.45) is 2.82. The third-order valence-corrected chi connectivity index (χ3v) is 4.88. The molecular formula is C22H21N3O. The zero-order valence-corrected chi connectivity index (χ0v) is 14.8. The summed E-state index contributed by atoms with van der Waals surface area (Å²) >= 11 is 0. The molecule has 130 valence electrons. The predicted molar refractivity (Wildman–Crippen MR) is 104 cm³/mol. The summed E-state index contributed by atoms with van der Waals surface area (Å²) in [7, 11) is 0. The fourth-order valence-corrected chi connectivity index (χ4v) is 3.36. The van der Waals surface area contributed by atoms with Gasteiger partial charge in [-0.15, -0.1) is 0 Å². The van der Waals surface area contributed by atoms with Crippen LogP contribution in [0, 0.1) is 6.92 Å². The number of para-hydroxylation sites is 1. The molecule has 1 aliphatic heterocycles. The van der Waals surface area contributed by atoms with E-state index in [0.717, 1.165) is 24.2 Å². The van der Waals surface area contributed by atoms with Gasteiger partial charge in [0, 0.05) is 18.8 Å². The molecule has 4 heteroatoms. The molecule has 4 rings (SSSR count). The Labute approximate surface area is 153 Å². The summed E-state index contributed by atoms with van der Waals surface area (Å²) in [4.78, 5) is 19.0. The molecule has 4 nitrogen and oxygen atoms in total. The summed E-state index contributed by atoms with van der Waals surface area (Å²) in [5.41, 5.74) is 6.33. The van der Waals surface area contributed by atoms with Gasteiger partial charge in [-0.25, -0.2) is 4.98 Å². The van der Waals surface area contributed by atoms with E-state index in [0.29, 0.717) is 12.2 Å². The van der Waals surface area contributed by atoms with Crippen molar-refractivity contribution in [2.24, 2.45) is 0 Å². The number of benzene rings is 2. The number of hydrogen-bond donors (Lipinski definition) is 1. The van der Waals surface area contributed by atoms with Crippen LogP contribution in [0.25, 0.3) is 0 Å². The maximum Gasteiger partial charge on any atom is 0.270 e. The lowest BCUT2D eigenvalue weighted by atomic mass is 10.1. The first-order valence-electron chi connectivity index (χ1n) is 8.86. The Kier molecular flexibility index (Phi) is 4.40. The Morgan fingerprint density at radius 1 is 1.08 bits per heavy atom. The van der Waals surface area contributed by atoms with Gasteiger partial charge in [0.25, 0.3) is 5.91 Å². The van der Waals surface area contributed by atoms with E-state index >= 15 is 0 Å². The van der Waals surface area contributed by atoms with E-state index < -0.39 is 0 Å². The number of amides is 1. The molecule has 0 saturated heterocycles. The number of rotatable bonds is 4. The molecule has 1 aromatic heterocycles. The minimum atomic E-state index is -0.151. The molecule has 0 unspecified atom stereocenters. The summed E-state index contributed by atoms with van der Waals surface area (Å²) in [5, 5.41) is 2.95. The minimum Gasteiger partial charge on any atom is -0.347 e. The van der Waals surface area contributed by atoms with E-state index in [2.05, 4.69) is 39.5 Å². The molecule has 0 spiro atoms. The third kappa shape index (κ3) is 3.18. The second-order valence-electron chi connectivity index (χ2n) is 6.54. The van der Waals surface area contributed by atoms with Crippen LogP contribution in [0.5, 0.6) is 0 Å². The summed E-state index contributed by atoms with van der Waals surface area (Å²) in [6, 6.07) is 20.2.